The van der Waals surface area contributed by atoms with Gasteiger partial charge in [-0.15, -0.1) is 0 Å². The maximum atomic E-state index is 9.25. The predicted octanol–water partition coefficient (Wildman–Crippen LogP) is 4.74. The van der Waals surface area contributed by atoms with Gasteiger partial charge in [0.1, 0.15) is 5.75 Å². The van der Waals surface area contributed by atoms with E-state index in [2.05, 4.69) is 12.2 Å². The van der Waals surface area contributed by atoms with Crippen molar-refractivity contribution in [1.29, 1.82) is 0 Å². The Balaban J connectivity index is 2.05. The third-order valence-electron chi connectivity index (χ3n) is 2.83. The van der Waals surface area contributed by atoms with Crippen LogP contribution in [0.25, 0.3) is 0 Å². The van der Waals surface area contributed by atoms with E-state index in [1.165, 1.54) is 0 Å². The molecule has 0 aliphatic carbocycles. The summed E-state index contributed by atoms with van der Waals surface area (Å²) in [4.78, 5) is 0. The summed E-state index contributed by atoms with van der Waals surface area (Å²) >= 11 is 12.2. The quantitative estimate of drug-likeness (QED) is 0.854. The molecule has 1 unspecified atom stereocenters. The molecule has 0 spiro atoms. The minimum Gasteiger partial charge on any atom is -0.508 e. The molecule has 19 heavy (non-hydrogen) atoms. The summed E-state index contributed by atoms with van der Waals surface area (Å²) in [6.45, 7) is 2.06. The standard InChI is InChI=1S/C15H15Cl2NO/c1-10(9-11-5-7-12(19)8-6-11)18-15-13(16)3-2-4-14(15)17/h2-8,10,18-19H,9H2,1H3. The van der Waals surface area contributed by atoms with Crippen molar-refractivity contribution < 1.29 is 5.11 Å². The zero-order valence-electron chi connectivity index (χ0n) is 10.5. The molecular formula is C15H15Cl2NO. The van der Waals surface area contributed by atoms with Crippen LogP contribution in [0.15, 0.2) is 42.5 Å². The summed E-state index contributed by atoms with van der Waals surface area (Å²) in [5.74, 6) is 0.276. The number of anilines is 1. The largest absolute Gasteiger partial charge is 0.508 e. The zero-order chi connectivity index (χ0) is 13.8. The Morgan fingerprint density at radius 1 is 1.05 bits per heavy atom. The minimum absolute atomic E-state index is 0.182. The summed E-state index contributed by atoms with van der Waals surface area (Å²) in [7, 11) is 0. The van der Waals surface area contributed by atoms with E-state index < -0.39 is 0 Å². The van der Waals surface area contributed by atoms with Crippen molar-refractivity contribution >= 4 is 28.9 Å². The highest BCUT2D eigenvalue weighted by atomic mass is 35.5. The molecular weight excluding hydrogens is 281 g/mol. The summed E-state index contributed by atoms with van der Waals surface area (Å²) < 4.78 is 0. The van der Waals surface area contributed by atoms with Crippen LogP contribution in [0.4, 0.5) is 5.69 Å². The van der Waals surface area contributed by atoms with Crippen molar-refractivity contribution in [3.05, 3.63) is 58.1 Å². The molecule has 0 fully saturated rings. The molecule has 2 aromatic rings. The van der Waals surface area contributed by atoms with Crippen molar-refractivity contribution in [2.24, 2.45) is 0 Å². The van der Waals surface area contributed by atoms with E-state index in [1.807, 2.05) is 30.3 Å². The first-order valence-corrected chi connectivity index (χ1v) is 6.80. The highest BCUT2D eigenvalue weighted by molar-refractivity contribution is 6.39. The summed E-state index contributed by atoms with van der Waals surface area (Å²) in [6.07, 6.45) is 0.821. The Morgan fingerprint density at radius 2 is 1.63 bits per heavy atom. The van der Waals surface area contributed by atoms with Crippen molar-refractivity contribution in [3.63, 3.8) is 0 Å². The molecule has 0 saturated carbocycles. The number of rotatable bonds is 4. The van der Waals surface area contributed by atoms with Gasteiger partial charge in [-0.1, -0.05) is 41.4 Å². The average molecular weight is 296 g/mol. The molecule has 2 nitrogen and oxygen atoms in total. The Morgan fingerprint density at radius 3 is 2.21 bits per heavy atom. The van der Waals surface area contributed by atoms with E-state index in [-0.39, 0.29) is 11.8 Å². The highest BCUT2D eigenvalue weighted by Crippen LogP contribution is 2.30. The number of phenolic OH excluding ortho intramolecular Hbond substituents is 1. The first-order valence-electron chi connectivity index (χ1n) is 6.04. The minimum atomic E-state index is 0.182. The monoisotopic (exact) mass is 295 g/mol. The lowest BCUT2D eigenvalue weighted by molar-refractivity contribution is 0.475. The smallest absolute Gasteiger partial charge is 0.115 e. The van der Waals surface area contributed by atoms with Crippen LogP contribution in [0.1, 0.15) is 12.5 Å². The second kappa shape index (κ2) is 6.18. The molecule has 2 N–H and O–H groups in total. The van der Waals surface area contributed by atoms with Gasteiger partial charge in [0.15, 0.2) is 0 Å². The fraction of sp³-hybridized carbons (Fsp3) is 0.200. The van der Waals surface area contributed by atoms with Gasteiger partial charge in [-0.05, 0) is 43.2 Å². The van der Waals surface area contributed by atoms with E-state index in [0.717, 1.165) is 17.7 Å². The summed E-state index contributed by atoms with van der Waals surface area (Å²) in [6, 6.07) is 12.8. The van der Waals surface area contributed by atoms with Crippen LogP contribution in [-0.4, -0.2) is 11.1 Å². The summed E-state index contributed by atoms with van der Waals surface area (Å²) in [5, 5.41) is 13.8. The van der Waals surface area contributed by atoms with Gasteiger partial charge in [-0.2, -0.15) is 0 Å². The lowest BCUT2D eigenvalue weighted by Crippen LogP contribution is -2.18. The molecule has 0 heterocycles. The van der Waals surface area contributed by atoms with Crippen LogP contribution >= 0.6 is 23.2 Å². The Kier molecular flexibility index (Phi) is 4.56. The third-order valence-corrected chi connectivity index (χ3v) is 3.46. The van der Waals surface area contributed by atoms with Crippen LogP contribution in [0.2, 0.25) is 10.0 Å². The number of para-hydroxylation sites is 1. The summed E-state index contributed by atoms with van der Waals surface area (Å²) in [5.41, 5.74) is 1.90. The zero-order valence-corrected chi connectivity index (χ0v) is 12.0. The molecule has 0 amide bonds. The van der Waals surface area contributed by atoms with Crippen LogP contribution in [-0.2, 0) is 6.42 Å². The van der Waals surface area contributed by atoms with E-state index in [0.29, 0.717) is 10.0 Å². The number of nitrogens with one attached hydrogen (secondary N) is 1. The number of benzene rings is 2. The molecule has 2 aromatic carbocycles. The van der Waals surface area contributed by atoms with E-state index >= 15 is 0 Å². The molecule has 0 aliphatic rings. The normalized spacial score (nSPS) is 12.2. The average Bonchev–Trinajstić information content (AvgIpc) is 2.37. The van der Waals surface area contributed by atoms with E-state index in [4.69, 9.17) is 23.2 Å². The van der Waals surface area contributed by atoms with Crippen LogP contribution < -0.4 is 5.32 Å². The second-order valence-electron chi connectivity index (χ2n) is 4.51. The van der Waals surface area contributed by atoms with Gasteiger partial charge in [0, 0.05) is 6.04 Å². The van der Waals surface area contributed by atoms with Crippen molar-refractivity contribution in [3.8, 4) is 5.75 Å². The lowest BCUT2D eigenvalue weighted by atomic mass is 10.1. The number of phenols is 1. The fourth-order valence-electron chi connectivity index (χ4n) is 1.92. The number of halogens is 2. The van der Waals surface area contributed by atoms with Gasteiger partial charge in [0.05, 0.1) is 15.7 Å². The number of hydrogen-bond donors (Lipinski definition) is 2. The van der Waals surface area contributed by atoms with E-state index in [9.17, 15) is 5.11 Å². The van der Waals surface area contributed by atoms with Crippen LogP contribution in [0.5, 0.6) is 5.75 Å². The first-order chi connectivity index (χ1) is 9.06. The lowest BCUT2D eigenvalue weighted by Gasteiger charge is -2.17. The Labute approximate surface area is 123 Å². The van der Waals surface area contributed by atoms with Crippen LogP contribution in [0.3, 0.4) is 0 Å². The van der Waals surface area contributed by atoms with Gasteiger partial charge in [-0.3, -0.25) is 0 Å². The molecule has 0 aromatic heterocycles. The van der Waals surface area contributed by atoms with Crippen LogP contribution in [0, 0.1) is 0 Å². The molecule has 4 heteroatoms. The molecule has 100 valence electrons. The SMILES string of the molecule is CC(Cc1ccc(O)cc1)Nc1c(Cl)cccc1Cl. The van der Waals surface area contributed by atoms with Gasteiger partial charge < -0.3 is 10.4 Å². The molecule has 1 atom stereocenters. The Hall–Kier alpha value is -1.38. The van der Waals surface area contributed by atoms with Crippen molar-refractivity contribution in [2.45, 2.75) is 19.4 Å². The van der Waals surface area contributed by atoms with Crippen molar-refractivity contribution in [1.82, 2.24) is 0 Å². The fourth-order valence-corrected chi connectivity index (χ4v) is 2.43. The molecule has 2 rings (SSSR count). The first kappa shape index (κ1) is 14.0. The van der Waals surface area contributed by atoms with Gasteiger partial charge >= 0.3 is 0 Å². The van der Waals surface area contributed by atoms with Gasteiger partial charge in [0.2, 0.25) is 0 Å². The maximum Gasteiger partial charge on any atom is 0.115 e. The van der Waals surface area contributed by atoms with E-state index in [1.54, 1.807) is 12.1 Å². The number of hydrogen-bond acceptors (Lipinski definition) is 2. The Bertz CT molecular complexity index is 534. The van der Waals surface area contributed by atoms with Gasteiger partial charge in [-0.25, -0.2) is 0 Å². The second-order valence-corrected chi connectivity index (χ2v) is 5.33. The molecule has 0 saturated heterocycles. The number of aromatic hydroxyl groups is 1. The molecule has 0 radical (unpaired) electrons. The third kappa shape index (κ3) is 3.79. The highest BCUT2D eigenvalue weighted by Gasteiger charge is 2.09. The van der Waals surface area contributed by atoms with Crippen molar-refractivity contribution in [2.75, 3.05) is 5.32 Å². The molecule has 0 bridgehead atoms. The van der Waals surface area contributed by atoms with Gasteiger partial charge in [0.25, 0.3) is 0 Å². The maximum absolute atomic E-state index is 9.25. The molecule has 0 aliphatic heterocycles. The topological polar surface area (TPSA) is 32.3 Å². The predicted molar refractivity (Wildman–Crippen MR) is 81.4 cm³/mol.